The molecule has 0 amide bonds. The lowest BCUT2D eigenvalue weighted by molar-refractivity contribution is -0.185. The summed E-state index contributed by atoms with van der Waals surface area (Å²) in [5.41, 5.74) is 2.18. The van der Waals surface area contributed by atoms with Crippen molar-refractivity contribution < 1.29 is 26.8 Å². The fourth-order valence-electron chi connectivity index (χ4n) is 4.07. The third-order valence-electron chi connectivity index (χ3n) is 5.87. The third-order valence-corrected chi connectivity index (χ3v) is 7.17. The molecule has 4 rings (SSSR count). The Balaban J connectivity index is 1.36. The summed E-state index contributed by atoms with van der Waals surface area (Å²) in [4.78, 5) is 4.24. The maximum Gasteiger partial charge on any atom is 0.297 e. The summed E-state index contributed by atoms with van der Waals surface area (Å²) in [7, 11) is -3.87. The summed E-state index contributed by atoms with van der Waals surface area (Å²) in [5.74, 6) is -0.0214. The van der Waals surface area contributed by atoms with Crippen LogP contribution in [0.3, 0.4) is 0 Å². The Morgan fingerprint density at radius 1 is 1.14 bits per heavy atom. The van der Waals surface area contributed by atoms with Gasteiger partial charge < -0.3 is 18.8 Å². The second kappa shape index (κ2) is 11.3. The topological polar surface area (TPSA) is 88.9 Å². The number of aromatic nitrogens is 2. The van der Waals surface area contributed by atoms with Gasteiger partial charge in [-0.3, -0.25) is 4.18 Å². The Bertz CT molecular complexity index is 1160. The van der Waals surface area contributed by atoms with Crippen LogP contribution in [-0.2, 0) is 36.7 Å². The van der Waals surface area contributed by atoms with Gasteiger partial charge >= 0.3 is 0 Å². The van der Waals surface area contributed by atoms with Crippen LogP contribution in [0, 0.1) is 6.92 Å². The molecule has 9 heteroatoms. The minimum atomic E-state index is -3.87. The molecular formula is C26H32N2O6S. The average molecular weight is 501 g/mol. The molecule has 2 aromatic carbocycles. The monoisotopic (exact) mass is 500 g/mol. The van der Waals surface area contributed by atoms with Crippen molar-refractivity contribution in [3.63, 3.8) is 0 Å². The Hall–Kier alpha value is -2.72. The van der Waals surface area contributed by atoms with Crippen LogP contribution in [0.25, 0.3) is 0 Å². The van der Waals surface area contributed by atoms with E-state index in [0.29, 0.717) is 19.6 Å². The van der Waals surface area contributed by atoms with Gasteiger partial charge in [0.05, 0.1) is 37.6 Å². The number of rotatable bonds is 12. The van der Waals surface area contributed by atoms with E-state index < -0.39 is 22.0 Å². The third kappa shape index (κ3) is 6.91. The van der Waals surface area contributed by atoms with Crippen LogP contribution >= 0.6 is 0 Å². The number of imidazole rings is 1. The van der Waals surface area contributed by atoms with E-state index in [9.17, 15) is 8.42 Å². The molecule has 0 spiro atoms. The highest BCUT2D eigenvalue weighted by Gasteiger charge is 2.42. The van der Waals surface area contributed by atoms with Crippen LogP contribution < -0.4 is 4.74 Å². The standard InChI is InChI=1S/C26H32N2O6S/c1-3-31-23-10-8-22(9-11-23)5-4-14-26(19-28-16-15-27-20-28)32-17-24(34-26)18-33-35(29,30)25-12-6-21(2)7-13-25/h6-13,15-16,20,24H,3-5,14,17-19H2,1-2H3/t24-,26-/m1/s1. The molecule has 2 heterocycles. The molecule has 2 atom stereocenters. The van der Waals surface area contributed by atoms with Crippen molar-refractivity contribution in [2.45, 2.75) is 56.4 Å². The fourth-order valence-corrected chi connectivity index (χ4v) is 5.01. The largest absolute Gasteiger partial charge is 0.494 e. The Morgan fingerprint density at radius 2 is 1.91 bits per heavy atom. The first-order valence-electron chi connectivity index (χ1n) is 11.8. The van der Waals surface area contributed by atoms with Gasteiger partial charge in [0.15, 0.2) is 5.79 Å². The number of aryl methyl sites for hydroxylation is 2. The minimum absolute atomic E-state index is 0.110. The van der Waals surface area contributed by atoms with Gasteiger partial charge in [0.1, 0.15) is 11.9 Å². The highest BCUT2D eigenvalue weighted by Crippen LogP contribution is 2.32. The predicted molar refractivity (Wildman–Crippen MR) is 131 cm³/mol. The Morgan fingerprint density at radius 3 is 2.60 bits per heavy atom. The van der Waals surface area contributed by atoms with Crippen LogP contribution in [0.4, 0.5) is 0 Å². The van der Waals surface area contributed by atoms with Gasteiger partial charge in [-0.05, 0) is 56.5 Å². The van der Waals surface area contributed by atoms with Crippen molar-refractivity contribution in [3.8, 4) is 5.75 Å². The zero-order chi connectivity index (χ0) is 24.7. The Labute approximate surface area is 206 Å². The van der Waals surface area contributed by atoms with E-state index in [1.807, 2.05) is 36.7 Å². The van der Waals surface area contributed by atoms with Gasteiger partial charge in [0.2, 0.25) is 0 Å². The molecule has 3 aromatic rings. The number of benzene rings is 2. The molecule has 0 saturated carbocycles. The second-order valence-electron chi connectivity index (χ2n) is 8.68. The quantitative estimate of drug-likeness (QED) is 0.346. The molecule has 1 aliphatic rings. The van der Waals surface area contributed by atoms with Gasteiger partial charge in [0.25, 0.3) is 10.1 Å². The smallest absolute Gasteiger partial charge is 0.297 e. The second-order valence-corrected chi connectivity index (χ2v) is 10.3. The van der Waals surface area contributed by atoms with Crippen LogP contribution in [0.15, 0.2) is 72.1 Å². The maximum absolute atomic E-state index is 12.6. The van der Waals surface area contributed by atoms with E-state index in [1.54, 1.807) is 36.8 Å². The first kappa shape index (κ1) is 25.4. The SMILES string of the molecule is CCOc1ccc(CCC[C@@]2(Cn3ccnc3)OC[C@H](COS(=O)(=O)c3ccc(C)cc3)O2)cc1. The lowest BCUT2D eigenvalue weighted by atomic mass is 10.0. The minimum Gasteiger partial charge on any atom is -0.494 e. The normalized spacial score (nSPS) is 20.2. The van der Waals surface area contributed by atoms with Crippen LogP contribution in [0.5, 0.6) is 5.75 Å². The summed E-state index contributed by atoms with van der Waals surface area (Å²) in [5, 5.41) is 0. The molecule has 0 unspecified atom stereocenters. The van der Waals surface area contributed by atoms with Gasteiger partial charge in [-0.15, -0.1) is 0 Å². The molecule has 1 fully saturated rings. The van der Waals surface area contributed by atoms with E-state index in [2.05, 4.69) is 17.1 Å². The fraction of sp³-hybridized carbons (Fsp3) is 0.423. The van der Waals surface area contributed by atoms with E-state index >= 15 is 0 Å². The van der Waals surface area contributed by atoms with Crippen LogP contribution in [-0.4, -0.2) is 49.7 Å². The molecule has 1 saturated heterocycles. The molecule has 35 heavy (non-hydrogen) atoms. The van der Waals surface area contributed by atoms with Gasteiger partial charge in [-0.1, -0.05) is 29.8 Å². The zero-order valence-electron chi connectivity index (χ0n) is 20.1. The predicted octanol–water partition coefficient (Wildman–Crippen LogP) is 4.13. The number of hydrogen-bond donors (Lipinski definition) is 0. The van der Waals surface area contributed by atoms with Crippen molar-refractivity contribution >= 4 is 10.1 Å². The summed E-state index contributed by atoms with van der Waals surface area (Å²) < 4.78 is 50.3. The molecule has 1 aliphatic heterocycles. The highest BCUT2D eigenvalue weighted by atomic mass is 32.2. The Kier molecular flexibility index (Phi) is 8.22. The molecule has 0 bridgehead atoms. The molecule has 0 aliphatic carbocycles. The number of ether oxygens (including phenoxy) is 3. The van der Waals surface area contributed by atoms with Gasteiger partial charge in [-0.2, -0.15) is 8.42 Å². The zero-order valence-corrected chi connectivity index (χ0v) is 20.9. The van der Waals surface area contributed by atoms with E-state index in [0.717, 1.165) is 24.2 Å². The maximum atomic E-state index is 12.6. The van der Waals surface area contributed by atoms with Crippen LogP contribution in [0.1, 0.15) is 30.9 Å². The lowest BCUT2D eigenvalue weighted by Gasteiger charge is -2.28. The van der Waals surface area contributed by atoms with Crippen molar-refractivity contribution in [1.82, 2.24) is 9.55 Å². The summed E-state index contributed by atoms with van der Waals surface area (Å²) >= 11 is 0. The van der Waals surface area contributed by atoms with Crippen molar-refractivity contribution in [2.75, 3.05) is 19.8 Å². The van der Waals surface area contributed by atoms with E-state index in [-0.39, 0.29) is 18.1 Å². The van der Waals surface area contributed by atoms with Gasteiger partial charge in [-0.25, -0.2) is 4.98 Å². The van der Waals surface area contributed by atoms with Crippen LogP contribution in [0.2, 0.25) is 0 Å². The number of hydrogen-bond acceptors (Lipinski definition) is 7. The summed E-state index contributed by atoms with van der Waals surface area (Å²) in [6, 6.07) is 14.7. The summed E-state index contributed by atoms with van der Waals surface area (Å²) in [6.45, 7) is 5.10. The molecular weight excluding hydrogens is 468 g/mol. The van der Waals surface area contributed by atoms with E-state index in [1.165, 1.54) is 5.56 Å². The first-order valence-corrected chi connectivity index (χ1v) is 13.2. The summed E-state index contributed by atoms with van der Waals surface area (Å²) in [6.07, 6.45) is 7.10. The first-order chi connectivity index (χ1) is 16.9. The molecule has 0 radical (unpaired) electrons. The molecule has 188 valence electrons. The highest BCUT2D eigenvalue weighted by molar-refractivity contribution is 7.86. The molecule has 0 N–H and O–H groups in total. The van der Waals surface area contributed by atoms with Crippen molar-refractivity contribution in [3.05, 3.63) is 78.4 Å². The van der Waals surface area contributed by atoms with Gasteiger partial charge in [0, 0.05) is 18.8 Å². The van der Waals surface area contributed by atoms with E-state index in [4.69, 9.17) is 18.4 Å². The van der Waals surface area contributed by atoms with Crippen molar-refractivity contribution in [1.29, 1.82) is 0 Å². The van der Waals surface area contributed by atoms with Crippen molar-refractivity contribution in [2.24, 2.45) is 0 Å². The molecule has 8 nitrogen and oxygen atoms in total. The number of nitrogens with zero attached hydrogens (tertiary/aromatic N) is 2. The lowest BCUT2D eigenvalue weighted by Crippen LogP contribution is -2.37. The molecule has 1 aromatic heterocycles. The average Bonchev–Trinajstić information content (AvgIpc) is 3.50.